The van der Waals surface area contributed by atoms with Gasteiger partial charge in [-0.3, -0.25) is 4.79 Å². The monoisotopic (exact) mass is 667 g/mol. The fourth-order valence-electron chi connectivity index (χ4n) is 4.30. The van der Waals surface area contributed by atoms with E-state index in [9.17, 15) is 22.8 Å². The summed E-state index contributed by atoms with van der Waals surface area (Å²) in [5.41, 5.74) is 0.456. The van der Waals surface area contributed by atoms with Gasteiger partial charge in [0.1, 0.15) is 12.4 Å². The summed E-state index contributed by atoms with van der Waals surface area (Å²) in [7, 11) is 5.19. The van der Waals surface area contributed by atoms with Crippen LogP contribution in [0.5, 0.6) is 17.4 Å². The molecule has 0 aliphatic rings. The molecule has 3 N–H and O–H groups in total. The van der Waals surface area contributed by atoms with Gasteiger partial charge in [0, 0.05) is 36.1 Å². The third-order valence-corrected chi connectivity index (χ3v) is 6.76. The number of hydrogen-bond donors (Lipinski definition) is 3. The van der Waals surface area contributed by atoms with Gasteiger partial charge in [-0.15, -0.1) is 0 Å². The summed E-state index contributed by atoms with van der Waals surface area (Å²) in [6.07, 6.45) is -1.85. The van der Waals surface area contributed by atoms with Crippen molar-refractivity contribution in [1.29, 1.82) is 0 Å². The highest BCUT2D eigenvalue weighted by Crippen LogP contribution is 2.33. The average molecular weight is 668 g/mol. The zero-order valence-corrected chi connectivity index (χ0v) is 27.1. The van der Waals surface area contributed by atoms with Crippen molar-refractivity contribution in [3.05, 3.63) is 83.3 Å². The fraction of sp³-hybridized carbons (Fsp3) is 0.303. The van der Waals surface area contributed by atoms with Crippen molar-refractivity contribution in [1.82, 2.24) is 25.2 Å². The molecule has 0 spiro atoms. The zero-order valence-electron chi connectivity index (χ0n) is 27.1. The molecule has 0 aliphatic heterocycles. The normalized spacial score (nSPS) is 11.2. The Morgan fingerprint density at radius 2 is 1.71 bits per heavy atom. The number of carbonyl (C=O) groups excluding carboxylic acids is 2. The number of halogens is 3. The third kappa shape index (κ3) is 9.78. The Balaban J connectivity index is 1.46. The molecule has 3 amide bonds. The third-order valence-electron chi connectivity index (χ3n) is 6.76. The summed E-state index contributed by atoms with van der Waals surface area (Å²) in [5.74, 6) is 0.988. The van der Waals surface area contributed by atoms with Crippen molar-refractivity contribution in [2.24, 2.45) is 0 Å². The lowest BCUT2D eigenvalue weighted by Crippen LogP contribution is -2.31. The molecule has 2 aromatic carbocycles. The van der Waals surface area contributed by atoms with Crippen LogP contribution in [0.2, 0.25) is 0 Å². The number of amides is 3. The molecule has 254 valence electrons. The molecule has 12 nitrogen and oxygen atoms in total. The minimum atomic E-state index is -4.75. The van der Waals surface area contributed by atoms with Crippen LogP contribution in [0.1, 0.15) is 34.1 Å². The molecular weight excluding hydrogens is 631 g/mol. The van der Waals surface area contributed by atoms with E-state index in [1.807, 2.05) is 36.1 Å². The van der Waals surface area contributed by atoms with Gasteiger partial charge in [-0.1, -0.05) is 12.1 Å². The minimum Gasteiger partial charge on any atom is -0.497 e. The first-order valence-electron chi connectivity index (χ1n) is 14.8. The van der Waals surface area contributed by atoms with E-state index in [1.165, 1.54) is 18.5 Å². The van der Waals surface area contributed by atoms with Gasteiger partial charge in [0.25, 0.3) is 11.8 Å². The highest BCUT2D eigenvalue weighted by atomic mass is 19.4. The van der Waals surface area contributed by atoms with E-state index in [2.05, 4.69) is 30.9 Å². The molecule has 0 bridgehead atoms. The number of hydrogen-bond acceptors (Lipinski definition) is 9. The maximum absolute atomic E-state index is 13.6. The SMILES string of the molecule is CCOc1cc(-c2ncc(NC(=O)Nc3cc(C(=O)NCCN(C)C)cc(C(F)(F)F)c3)c(C)n2)cnc1OCc1ccc(OC)cc1. The van der Waals surface area contributed by atoms with Gasteiger partial charge >= 0.3 is 12.2 Å². The quantitative estimate of drug-likeness (QED) is 0.162. The highest BCUT2D eigenvalue weighted by Gasteiger charge is 2.32. The molecule has 0 aliphatic carbocycles. The number of methoxy groups -OCH3 is 1. The van der Waals surface area contributed by atoms with Crippen LogP contribution in [-0.2, 0) is 12.8 Å². The van der Waals surface area contributed by atoms with Crippen molar-refractivity contribution in [2.75, 3.05) is 51.5 Å². The number of aromatic nitrogens is 3. The van der Waals surface area contributed by atoms with Crippen LogP contribution in [0.25, 0.3) is 11.4 Å². The van der Waals surface area contributed by atoms with Gasteiger partial charge in [-0.05, 0) is 69.9 Å². The van der Waals surface area contributed by atoms with E-state index in [1.54, 1.807) is 34.2 Å². The van der Waals surface area contributed by atoms with E-state index in [0.29, 0.717) is 30.2 Å². The number of nitrogens with one attached hydrogen (secondary N) is 3. The fourth-order valence-corrected chi connectivity index (χ4v) is 4.30. The summed E-state index contributed by atoms with van der Waals surface area (Å²) >= 11 is 0. The number of aryl methyl sites for hydroxylation is 1. The smallest absolute Gasteiger partial charge is 0.416 e. The maximum atomic E-state index is 13.6. The lowest BCUT2D eigenvalue weighted by molar-refractivity contribution is -0.137. The first kappa shape index (κ1) is 35.4. The number of alkyl halides is 3. The number of carbonyl (C=O) groups is 2. The average Bonchev–Trinajstić information content (AvgIpc) is 3.04. The molecule has 0 saturated heterocycles. The molecule has 0 atom stereocenters. The number of urea groups is 1. The van der Waals surface area contributed by atoms with E-state index >= 15 is 0 Å². The number of anilines is 2. The van der Waals surface area contributed by atoms with Crippen molar-refractivity contribution in [3.63, 3.8) is 0 Å². The molecule has 4 rings (SSSR count). The van der Waals surface area contributed by atoms with Crippen LogP contribution in [0.3, 0.4) is 0 Å². The number of benzene rings is 2. The molecule has 15 heteroatoms. The van der Waals surface area contributed by atoms with Gasteiger partial charge in [0.2, 0.25) is 0 Å². The first-order valence-corrected chi connectivity index (χ1v) is 14.8. The molecule has 0 saturated carbocycles. The number of ether oxygens (including phenoxy) is 3. The highest BCUT2D eigenvalue weighted by molar-refractivity contribution is 6.01. The van der Waals surface area contributed by atoms with E-state index < -0.39 is 23.7 Å². The molecule has 0 fully saturated rings. The maximum Gasteiger partial charge on any atom is 0.416 e. The van der Waals surface area contributed by atoms with Gasteiger partial charge in [-0.2, -0.15) is 13.2 Å². The summed E-state index contributed by atoms with van der Waals surface area (Å²) in [6.45, 7) is 4.79. The Labute approximate surface area is 275 Å². The molecule has 2 heterocycles. The second kappa shape index (κ2) is 15.9. The van der Waals surface area contributed by atoms with E-state index in [4.69, 9.17) is 14.2 Å². The van der Waals surface area contributed by atoms with Gasteiger partial charge < -0.3 is 35.1 Å². The van der Waals surface area contributed by atoms with Crippen molar-refractivity contribution >= 4 is 23.3 Å². The van der Waals surface area contributed by atoms with Gasteiger partial charge in [-0.25, -0.2) is 19.7 Å². The number of likely N-dealkylation sites (N-methyl/N-ethyl adjacent to an activating group) is 1. The molecule has 4 aromatic rings. The predicted octanol–water partition coefficient (Wildman–Crippen LogP) is 5.79. The second-order valence-corrected chi connectivity index (χ2v) is 10.7. The molecule has 48 heavy (non-hydrogen) atoms. The van der Waals surface area contributed by atoms with Crippen LogP contribution in [-0.4, -0.2) is 72.7 Å². The standard InChI is InChI=1S/C33H36F3N7O5/c1-6-47-28-15-23(17-39-31(28)48-19-21-7-9-26(46-5)10-8-21)29-38-18-27(20(2)40-29)42-32(45)41-25-14-22(13-24(16-25)33(34,35)36)30(44)37-11-12-43(3)4/h7-10,13-18H,6,11-12,19H2,1-5H3,(H,37,44)(H2,41,42,45). The van der Waals surface area contributed by atoms with Crippen LogP contribution < -0.4 is 30.2 Å². The van der Waals surface area contributed by atoms with Gasteiger partial charge in [0.15, 0.2) is 11.6 Å². The van der Waals surface area contributed by atoms with Crippen molar-refractivity contribution < 1.29 is 37.0 Å². The zero-order chi connectivity index (χ0) is 34.8. The lowest BCUT2D eigenvalue weighted by Gasteiger charge is -2.15. The summed E-state index contributed by atoms with van der Waals surface area (Å²) in [6, 6.07) is 10.9. The van der Waals surface area contributed by atoms with Crippen LogP contribution in [0.4, 0.5) is 29.3 Å². The second-order valence-electron chi connectivity index (χ2n) is 10.7. The van der Waals surface area contributed by atoms with Crippen LogP contribution in [0.15, 0.2) is 60.9 Å². The molecule has 2 aromatic heterocycles. The molecular formula is C33H36F3N7O5. The van der Waals surface area contributed by atoms with Crippen molar-refractivity contribution in [2.45, 2.75) is 26.6 Å². The summed E-state index contributed by atoms with van der Waals surface area (Å²) < 4.78 is 57.6. The van der Waals surface area contributed by atoms with Crippen LogP contribution in [0, 0.1) is 6.92 Å². The molecule has 0 unspecified atom stereocenters. The van der Waals surface area contributed by atoms with Crippen LogP contribution >= 0.6 is 0 Å². The molecule has 0 radical (unpaired) electrons. The number of nitrogens with zero attached hydrogens (tertiary/aromatic N) is 4. The largest absolute Gasteiger partial charge is 0.497 e. The minimum absolute atomic E-state index is 0.210. The number of pyridine rings is 1. The Hall–Kier alpha value is -5.44. The van der Waals surface area contributed by atoms with E-state index in [-0.39, 0.29) is 41.8 Å². The Morgan fingerprint density at radius 3 is 2.35 bits per heavy atom. The Bertz CT molecular complexity index is 1730. The predicted molar refractivity (Wildman–Crippen MR) is 173 cm³/mol. The Morgan fingerprint density at radius 1 is 0.958 bits per heavy atom. The lowest BCUT2D eigenvalue weighted by atomic mass is 10.1. The number of rotatable bonds is 13. The van der Waals surface area contributed by atoms with Gasteiger partial charge in [0.05, 0.1) is 36.9 Å². The Kier molecular flexibility index (Phi) is 11.7. The summed E-state index contributed by atoms with van der Waals surface area (Å²) in [5, 5.41) is 7.47. The first-order chi connectivity index (χ1) is 22.9. The summed E-state index contributed by atoms with van der Waals surface area (Å²) in [4.78, 5) is 40.4. The van der Waals surface area contributed by atoms with Crippen molar-refractivity contribution in [3.8, 4) is 28.8 Å². The van der Waals surface area contributed by atoms with E-state index in [0.717, 1.165) is 23.4 Å². The topological polar surface area (TPSA) is 140 Å².